The second-order valence-electron chi connectivity index (χ2n) is 8.22. The fourth-order valence-corrected chi connectivity index (χ4v) is 5.21. The molecule has 1 unspecified atom stereocenters. The maximum absolute atomic E-state index is 13.2. The lowest BCUT2D eigenvalue weighted by Gasteiger charge is -2.20. The number of aryl methyl sites for hydroxylation is 1. The fourth-order valence-electron chi connectivity index (χ4n) is 4.18. The highest BCUT2D eigenvalue weighted by molar-refractivity contribution is 7.19. The molecule has 9 heteroatoms. The molecule has 0 radical (unpaired) electrons. The Kier molecular flexibility index (Phi) is 6.33. The van der Waals surface area contributed by atoms with E-state index in [2.05, 4.69) is 10.3 Å². The van der Waals surface area contributed by atoms with Gasteiger partial charge in [-0.2, -0.15) is 0 Å². The van der Waals surface area contributed by atoms with Crippen LogP contribution in [0, 0.1) is 5.92 Å². The Morgan fingerprint density at radius 2 is 1.94 bits per heavy atom. The van der Waals surface area contributed by atoms with E-state index in [4.69, 9.17) is 9.72 Å². The van der Waals surface area contributed by atoms with Crippen LogP contribution in [0.3, 0.4) is 0 Å². The number of aromatic nitrogens is 3. The van der Waals surface area contributed by atoms with Gasteiger partial charge in [-0.25, -0.2) is 9.97 Å². The predicted molar refractivity (Wildman–Crippen MR) is 136 cm³/mol. The van der Waals surface area contributed by atoms with Crippen molar-refractivity contribution in [1.29, 1.82) is 0 Å². The maximum Gasteiger partial charge on any atom is 0.231 e. The van der Waals surface area contributed by atoms with Gasteiger partial charge in [-0.3, -0.25) is 9.59 Å². The van der Waals surface area contributed by atoms with Crippen LogP contribution in [0.15, 0.2) is 67.0 Å². The van der Waals surface area contributed by atoms with E-state index in [0.717, 1.165) is 22.0 Å². The van der Waals surface area contributed by atoms with Gasteiger partial charge >= 0.3 is 0 Å². The van der Waals surface area contributed by atoms with Crippen molar-refractivity contribution in [3.63, 3.8) is 0 Å². The number of imidazole rings is 1. The molecule has 1 aliphatic heterocycles. The first-order valence-corrected chi connectivity index (χ1v) is 12.2. The highest BCUT2D eigenvalue weighted by Gasteiger charge is 2.36. The quantitative estimate of drug-likeness (QED) is 0.412. The smallest absolute Gasteiger partial charge is 0.231 e. The third kappa shape index (κ3) is 4.54. The minimum atomic E-state index is -0.488. The second kappa shape index (κ2) is 9.71. The van der Waals surface area contributed by atoms with E-state index in [0.29, 0.717) is 23.2 Å². The van der Waals surface area contributed by atoms with Gasteiger partial charge in [0.05, 0.1) is 28.8 Å². The molecule has 178 valence electrons. The largest absolute Gasteiger partial charge is 0.492 e. The zero-order valence-electron chi connectivity index (χ0n) is 19.5. The van der Waals surface area contributed by atoms with Crippen LogP contribution in [0.4, 0.5) is 10.8 Å². The Labute approximate surface area is 207 Å². The van der Waals surface area contributed by atoms with Gasteiger partial charge in [-0.1, -0.05) is 53.8 Å². The molecule has 1 atom stereocenters. The molecule has 0 spiro atoms. The number of amides is 2. The molecular weight excluding hydrogens is 462 g/mol. The average Bonchev–Trinajstić information content (AvgIpc) is 3.58. The number of hydrogen-bond acceptors (Lipinski definition) is 6. The highest BCUT2D eigenvalue weighted by atomic mass is 32.1. The number of nitrogens with one attached hydrogen (secondary N) is 1. The summed E-state index contributed by atoms with van der Waals surface area (Å²) in [5.41, 5.74) is 2.39. The summed E-state index contributed by atoms with van der Waals surface area (Å²) in [6.07, 6.45) is 3.75. The van der Waals surface area contributed by atoms with Crippen LogP contribution in [0.5, 0.6) is 5.75 Å². The lowest BCUT2D eigenvalue weighted by Crippen LogP contribution is -2.28. The lowest BCUT2D eigenvalue weighted by atomic mass is 10.1. The Balaban J connectivity index is 1.38. The number of rotatable bonds is 7. The molecule has 2 amide bonds. The molecule has 0 bridgehead atoms. The molecule has 0 aliphatic carbocycles. The Morgan fingerprint density at radius 3 is 2.69 bits per heavy atom. The maximum atomic E-state index is 13.2. The SMILES string of the molecule is CCOc1ccccc1N1CC(C(=O)Nc2nc(-c3ccccc3)c(-c3nccn3C)s2)CC1=O. The second-order valence-corrected chi connectivity index (χ2v) is 9.22. The van der Waals surface area contributed by atoms with E-state index in [-0.39, 0.29) is 24.8 Å². The van der Waals surface area contributed by atoms with Crippen LogP contribution < -0.4 is 15.0 Å². The summed E-state index contributed by atoms with van der Waals surface area (Å²) in [6.45, 7) is 2.68. The van der Waals surface area contributed by atoms with E-state index in [1.807, 2.05) is 79.3 Å². The van der Waals surface area contributed by atoms with Crippen LogP contribution in [0.1, 0.15) is 13.3 Å². The number of thiazole rings is 1. The predicted octanol–water partition coefficient (Wildman–Crippen LogP) is 4.60. The molecular formula is C26H25N5O3S. The molecule has 2 aromatic carbocycles. The van der Waals surface area contributed by atoms with Crippen molar-refractivity contribution >= 4 is 34.0 Å². The lowest BCUT2D eigenvalue weighted by molar-refractivity contribution is -0.122. The minimum Gasteiger partial charge on any atom is -0.492 e. The summed E-state index contributed by atoms with van der Waals surface area (Å²) >= 11 is 1.38. The summed E-state index contributed by atoms with van der Waals surface area (Å²) in [5.74, 6) is 0.593. The van der Waals surface area contributed by atoms with Crippen LogP contribution in [-0.4, -0.2) is 39.5 Å². The first-order chi connectivity index (χ1) is 17.0. The number of anilines is 2. The first kappa shape index (κ1) is 22.8. The number of benzene rings is 2. The summed E-state index contributed by atoms with van der Waals surface area (Å²) in [4.78, 5) is 37.7. The molecule has 0 saturated carbocycles. The van der Waals surface area contributed by atoms with Crippen LogP contribution in [0.2, 0.25) is 0 Å². The van der Waals surface area contributed by atoms with Crippen molar-refractivity contribution in [3.05, 3.63) is 67.0 Å². The van der Waals surface area contributed by atoms with Crippen molar-refractivity contribution in [3.8, 4) is 27.7 Å². The van der Waals surface area contributed by atoms with Crippen molar-refractivity contribution in [2.45, 2.75) is 13.3 Å². The van der Waals surface area contributed by atoms with Gasteiger partial charge < -0.3 is 19.5 Å². The number of nitrogens with zero attached hydrogens (tertiary/aromatic N) is 4. The third-order valence-corrected chi connectivity index (χ3v) is 6.85. The number of ether oxygens (including phenoxy) is 1. The highest BCUT2D eigenvalue weighted by Crippen LogP contribution is 2.39. The summed E-state index contributed by atoms with van der Waals surface area (Å²) in [5, 5.41) is 3.43. The van der Waals surface area contributed by atoms with Crippen LogP contribution in [-0.2, 0) is 16.6 Å². The molecule has 2 aromatic heterocycles. The molecule has 1 fully saturated rings. The van der Waals surface area contributed by atoms with Gasteiger partial charge in [0.2, 0.25) is 11.8 Å². The molecule has 1 saturated heterocycles. The van der Waals surface area contributed by atoms with E-state index < -0.39 is 5.92 Å². The first-order valence-electron chi connectivity index (χ1n) is 11.4. The third-order valence-electron chi connectivity index (χ3n) is 5.88. The van der Waals surface area contributed by atoms with Crippen molar-refractivity contribution < 1.29 is 14.3 Å². The number of para-hydroxylation sites is 2. The summed E-state index contributed by atoms with van der Waals surface area (Å²) in [7, 11) is 1.92. The minimum absolute atomic E-state index is 0.102. The molecule has 5 rings (SSSR count). The molecule has 35 heavy (non-hydrogen) atoms. The molecule has 8 nitrogen and oxygen atoms in total. The standard InChI is InChI=1S/C26H25N5O3S/c1-3-34-20-12-8-7-11-19(20)31-16-18(15-21(31)32)25(33)29-26-28-22(17-9-5-4-6-10-17)23(35-26)24-27-13-14-30(24)2/h4-14,18H,3,15-16H2,1-2H3,(H,28,29,33). The zero-order chi connectivity index (χ0) is 24.4. The van der Waals surface area contributed by atoms with Gasteiger partial charge in [-0.15, -0.1) is 0 Å². The van der Waals surface area contributed by atoms with Crippen LogP contribution in [0.25, 0.3) is 22.0 Å². The zero-order valence-corrected chi connectivity index (χ0v) is 20.3. The topological polar surface area (TPSA) is 89.3 Å². The Hall–Kier alpha value is -3.98. The van der Waals surface area contributed by atoms with Crippen molar-refractivity contribution in [1.82, 2.24) is 14.5 Å². The summed E-state index contributed by atoms with van der Waals surface area (Å²) < 4.78 is 7.61. The number of hydrogen-bond donors (Lipinski definition) is 1. The van der Waals surface area contributed by atoms with E-state index in [1.165, 1.54) is 11.3 Å². The van der Waals surface area contributed by atoms with Crippen LogP contribution >= 0.6 is 11.3 Å². The average molecular weight is 488 g/mol. The van der Waals surface area contributed by atoms with Gasteiger partial charge in [-0.05, 0) is 19.1 Å². The van der Waals surface area contributed by atoms with Gasteiger partial charge in [0.1, 0.15) is 5.75 Å². The molecule has 4 aromatic rings. The Bertz CT molecular complexity index is 1360. The van der Waals surface area contributed by atoms with E-state index >= 15 is 0 Å². The van der Waals surface area contributed by atoms with Crippen molar-refractivity contribution in [2.75, 3.05) is 23.4 Å². The van der Waals surface area contributed by atoms with Gasteiger partial charge in [0.15, 0.2) is 11.0 Å². The molecule has 1 N–H and O–H groups in total. The number of carbonyl (C=O) groups excluding carboxylic acids is 2. The fraction of sp³-hybridized carbons (Fsp3) is 0.231. The van der Waals surface area contributed by atoms with Crippen molar-refractivity contribution in [2.24, 2.45) is 13.0 Å². The number of carbonyl (C=O) groups is 2. The van der Waals surface area contributed by atoms with E-state index in [9.17, 15) is 9.59 Å². The van der Waals surface area contributed by atoms with E-state index in [1.54, 1.807) is 11.1 Å². The van der Waals surface area contributed by atoms with Gasteiger partial charge in [0, 0.05) is 38.0 Å². The Morgan fingerprint density at radius 1 is 1.17 bits per heavy atom. The normalized spacial score (nSPS) is 15.4. The van der Waals surface area contributed by atoms with Gasteiger partial charge in [0.25, 0.3) is 0 Å². The summed E-state index contributed by atoms with van der Waals surface area (Å²) in [6, 6.07) is 17.2. The molecule has 3 heterocycles. The molecule has 1 aliphatic rings. The monoisotopic (exact) mass is 487 g/mol.